The quantitative estimate of drug-likeness (QED) is 0.578. The Kier molecular flexibility index (Phi) is 3.98. The normalized spacial score (nSPS) is 9.79. The topological polar surface area (TPSA) is 46.5 Å². The maximum atomic E-state index is 10.6. The molecule has 0 saturated heterocycles. The molecule has 3 heteroatoms. The average Bonchev–Trinajstić information content (AvgIpc) is 2.19. The molecule has 1 rings (SSSR count). The van der Waals surface area contributed by atoms with Crippen LogP contribution >= 0.6 is 0 Å². The van der Waals surface area contributed by atoms with Crippen molar-refractivity contribution in [3.05, 3.63) is 23.8 Å². The number of ether oxygens (including phenoxy) is 1. The Morgan fingerprint density at radius 1 is 1.50 bits per heavy atom. The maximum Gasteiger partial charge on any atom is 0.153 e. The fourth-order valence-electron chi connectivity index (χ4n) is 1.07. The molecule has 0 unspecified atom stereocenters. The monoisotopic (exact) mass is 194 g/mol. The van der Waals surface area contributed by atoms with Crippen LogP contribution in [0.5, 0.6) is 11.5 Å². The number of unbranched alkanes of at least 4 members (excludes halogenated alkanes) is 1. The van der Waals surface area contributed by atoms with Gasteiger partial charge in [-0.1, -0.05) is 13.3 Å². The van der Waals surface area contributed by atoms with Gasteiger partial charge in [0.15, 0.2) is 6.29 Å². The molecule has 0 spiro atoms. The van der Waals surface area contributed by atoms with Gasteiger partial charge >= 0.3 is 0 Å². The minimum atomic E-state index is 0.113. The predicted molar refractivity (Wildman–Crippen MR) is 53.9 cm³/mol. The van der Waals surface area contributed by atoms with Crippen LogP contribution in [0.3, 0.4) is 0 Å². The predicted octanol–water partition coefficient (Wildman–Crippen LogP) is 2.38. The van der Waals surface area contributed by atoms with E-state index in [1.807, 2.05) is 0 Å². The minimum absolute atomic E-state index is 0.113. The molecule has 0 atom stereocenters. The summed E-state index contributed by atoms with van der Waals surface area (Å²) in [6.45, 7) is 2.63. The van der Waals surface area contributed by atoms with Crippen LogP contribution in [0.15, 0.2) is 18.2 Å². The molecule has 0 saturated carbocycles. The van der Waals surface area contributed by atoms with Crippen molar-refractivity contribution in [2.75, 3.05) is 6.61 Å². The Labute approximate surface area is 83.3 Å². The Hall–Kier alpha value is -1.51. The van der Waals surface area contributed by atoms with Crippen LogP contribution in [-0.4, -0.2) is 18.0 Å². The molecule has 14 heavy (non-hydrogen) atoms. The zero-order valence-electron chi connectivity index (χ0n) is 8.19. The lowest BCUT2D eigenvalue weighted by Gasteiger charge is -2.07. The molecule has 1 aromatic rings. The van der Waals surface area contributed by atoms with Crippen LogP contribution in [0.25, 0.3) is 0 Å². The van der Waals surface area contributed by atoms with E-state index in [2.05, 4.69) is 6.92 Å². The molecule has 0 aliphatic heterocycles. The summed E-state index contributed by atoms with van der Waals surface area (Å²) in [6, 6.07) is 4.47. The Balaban J connectivity index is 2.72. The van der Waals surface area contributed by atoms with Crippen LogP contribution in [0.2, 0.25) is 0 Å². The minimum Gasteiger partial charge on any atom is -0.508 e. The number of aromatic hydroxyl groups is 1. The van der Waals surface area contributed by atoms with Crippen molar-refractivity contribution in [2.45, 2.75) is 19.8 Å². The Bertz CT molecular complexity index is 307. The third kappa shape index (κ3) is 2.76. The van der Waals surface area contributed by atoms with Gasteiger partial charge in [0.05, 0.1) is 12.2 Å². The van der Waals surface area contributed by atoms with E-state index in [1.165, 1.54) is 12.1 Å². The fraction of sp³-hybridized carbons (Fsp3) is 0.364. The third-order valence-corrected chi connectivity index (χ3v) is 1.88. The molecule has 1 N–H and O–H groups in total. The van der Waals surface area contributed by atoms with E-state index in [0.29, 0.717) is 17.9 Å². The van der Waals surface area contributed by atoms with Crippen molar-refractivity contribution in [1.82, 2.24) is 0 Å². The van der Waals surface area contributed by atoms with Crippen LogP contribution in [0.4, 0.5) is 0 Å². The molecule has 0 aliphatic carbocycles. The van der Waals surface area contributed by atoms with Crippen molar-refractivity contribution < 1.29 is 14.6 Å². The summed E-state index contributed by atoms with van der Waals surface area (Å²) in [5.74, 6) is 0.565. The molecule has 0 amide bonds. The number of hydrogen-bond acceptors (Lipinski definition) is 3. The Morgan fingerprint density at radius 2 is 2.29 bits per heavy atom. The number of aldehydes is 1. The summed E-state index contributed by atoms with van der Waals surface area (Å²) in [5.41, 5.74) is 0.471. The molecule has 0 bridgehead atoms. The largest absolute Gasteiger partial charge is 0.508 e. The second-order valence-electron chi connectivity index (χ2n) is 3.04. The maximum absolute atomic E-state index is 10.6. The molecule has 0 heterocycles. The summed E-state index contributed by atoms with van der Waals surface area (Å²) in [5, 5.41) is 9.19. The van der Waals surface area contributed by atoms with Crippen LogP contribution in [0, 0.1) is 0 Å². The first kappa shape index (κ1) is 10.6. The molecule has 0 aromatic heterocycles. The lowest BCUT2D eigenvalue weighted by Crippen LogP contribution is -1.99. The first-order valence-corrected chi connectivity index (χ1v) is 4.69. The zero-order valence-corrected chi connectivity index (χ0v) is 8.19. The van der Waals surface area contributed by atoms with E-state index in [9.17, 15) is 9.90 Å². The van der Waals surface area contributed by atoms with Gasteiger partial charge in [-0.3, -0.25) is 4.79 Å². The summed E-state index contributed by atoms with van der Waals surface area (Å²) < 4.78 is 5.36. The second-order valence-corrected chi connectivity index (χ2v) is 3.04. The lowest BCUT2D eigenvalue weighted by molar-refractivity contribution is 0.111. The molecular formula is C11H14O3. The summed E-state index contributed by atoms with van der Waals surface area (Å²) in [4.78, 5) is 10.6. The van der Waals surface area contributed by atoms with Gasteiger partial charge < -0.3 is 9.84 Å². The standard InChI is InChI=1S/C11H14O3/c1-2-3-6-14-11-7-10(13)5-4-9(11)8-12/h4-5,7-8,13H,2-3,6H2,1H3. The van der Waals surface area contributed by atoms with Gasteiger partial charge in [0, 0.05) is 6.07 Å². The summed E-state index contributed by atoms with van der Waals surface area (Å²) >= 11 is 0. The van der Waals surface area contributed by atoms with Gasteiger partial charge in [0.1, 0.15) is 11.5 Å². The van der Waals surface area contributed by atoms with Crippen LogP contribution < -0.4 is 4.74 Å². The number of carbonyl (C=O) groups is 1. The highest BCUT2D eigenvalue weighted by atomic mass is 16.5. The molecular weight excluding hydrogens is 180 g/mol. The summed E-state index contributed by atoms with van der Waals surface area (Å²) in [7, 11) is 0. The van der Waals surface area contributed by atoms with E-state index in [0.717, 1.165) is 19.1 Å². The number of rotatable bonds is 5. The van der Waals surface area contributed by atoms with Gasteiger partial charge in [-0.25, -0.2) is 0 Å². The number of benzene rings is 1. The number of carbonyl (C=O) groups excluding carboxylic acids is 1. The van der Waals surface area contributed by atoms with E-state index in [1.54, 1.807) is 6.07 Å². The van der Waals surface area contributed by atoms with Gasteiger partial charge in [-0.15, -0.1) is 0 Å². The highest BCUT2D eigenvalue weighted by Crippen LogP contribution is 2.22. The SMILES string of the molecule is CCCCOc1cc(O)ccc1C=O. The Morgan fingerprint density at radius 3 is 2.93 bits per heavy atom. The van der Waals surface area contributed by atoms with Crippen LogP contribution in [0.1, 0.15) is 30.1 Å². The highest BCUT2D eigenvalue weighted by molar-refractivity contribution is 5.79. The first-order chi connectivity index (χ1) is 6.77. The average molecular weight is 194 g/mol. The van der Waals surface area contributed by atoms with Crippen molar-refractivity contribution in [3.63, 3.8) is 0 Å². The molecule has 76 valence electrons. The summed E-state index contributed by atoms with van der Waals surface area (Å²) in [6.07, 6.45) is 2.70. The fourth-order valence-corrected chi connectivity index (χ4v) is 1.07. The van der Waals surface area contributed by atoms with Crippen molar-refractivity contribution in [2.24, 2.45) is 0 Å². The van der Waals surface area contributed by atoms with Crippen molar-refractivity contribution >= 4 is 6.29 Å². The third-order valence-electron chi connectivity index (χ3n) is 1.88. The van der Waals surface area contributed by atoms with Crippen molar-refractivity contribution in [1.29, 1.82) is 0 Å². The molecule has 1 aromatic carbocycles. The van der Waals surface area contributed by atoms with Gasteiger partial charge in [-0.05, 0) is 18.6 Å². The van der Waals surface area contributed by atoms with Gasteiger partial charge in [0.2, 0.25) is 0 Å². The zero-order chi connectivity index (χ0) is 10.4. The molecule has 0 aliphatic rings. The molecule has 0 fully saturated rings. The van der Waals surface area contributed by atoms with Crippen LogP contribution in [-0.2, 0) is 0 Å². The molecule has 0 radical (unpaired) electrons. The number of phenolic OH excluding ortho intramolecular Hbond substituents is 1. The van der Waals surface area contributed by atoms with Crippen molar-refractivity contribution in [3.8, 4) is 11.5 Å². The second kappa shape index (κ2) is 5.27. The molecule has 3 nitrogen and oxygen atoms in total. The van der Waals surface area contributed by atoms with Gasteiger partial charge in [-0.2, -0.15) is 0 Å². The number of phenols is 1. The van der Waals surface area contributed by atoms with E-state index >= 15 is 0 Å². The van der Waals surface area contributed by atoms with E-state index < -0.39 is 0 Å². The highest BCUT2D eigenvalue weighted by Gasteiger charge is 2.03. The lowest BCUT2D eigenvalue weighted by atomic mass is 10.2. The van der Waals surface area contributed by atoms with Gasteiger partial charge in [0.25, 0.3) is 0 Å². The smallest absolute Gasteiger partial charge is 0.153 e. The first-order valence-electron chi connectivity index (χ1n) is 4.69. The van der Waals surface area contributed by atoms with E-state index in [4.69, 9.17) is 4.74 Å². The van der Waals surface area contributed by atoms with E-state index in [-0.39, 0.29) is 5.75 Å². The number of hydrogen-bond donors (Lipinski definition) is 1.